The van der Waals surface area contributed by atoms with Crippen LogP contribution in [0.4, 0.5) is 5.69 Å². The highest BCUT2D eigenvalue weighted by Gasteiger charge is 2.20. The molecule has 0 fully saturated rings. The molecule has 8 nitrogen and oxygen atoms in total. The Kier molecular flexibility index (Phi) is 4.06. The Bertz CT molecular complexity index is 685. The van der Waals surface area contributed by atoms with E-state index in [2.05, 4.69) is 15.5 Å². The van der Waals surface area contributed by atoms with Gasteiger partial charge in [0.2, 0.25) is 0 Å². The van der Waals surface area contributed by atoms with Gasteiger partial charge in [0.15, 0.2) is 0 Å². The Labute approximate surface area is 121 Å². The van der Waals surface area contributed by atoms with Gasteiger partial charge in [-0.3, -0.25) is 19.0 Å². The monoisotopic (exact) mass is 290 g/mol. The summed E-state index contributed by atoms with van der Waals surface area (Å²) in [6.45, 7) is 6.76. The number of aryl methyl sites for hydroxylation is 2. The Morgan fingerprint density at radius 3 is 2.33 bits per heavy atom. The van der Waals surface area contributed by atoms with E-state index in [-0.39, 0.29) is 11.6 Å². The second kappa shape index (κ2) is 5.78. The molecule has 0 bridgehead atoms. The number of nitrogens with zero attached hydrogens (tertiary/aromatic N) is 4. The summed E-state index contributed by atoms with van der Waals surface area (Å²) >= 11 is 0. The molecular formula is C13H18N6O2. The summed E-state index contributed by atoms with van der Waals surface area (Å²) in [5, 5.41) is 10.8. The van der Waals surface area contributed by atoms with Crippen molar-refractivity contribution in [2.24, 2.45) is 5.73 Å². The number of aromatic nitrogens is 4. The summed E-state index contributed by atoms with van der Waals surface area (Å²) in [5.74, 6) is -0.976. The van der Waals surface area contributed by atoms with Crippen LogP contribution in [0, 0.1) is 6.92 Å². The number of rotatable bonds is 5. The van der Waals surface area contributed by atoms with E-state index in [0.29, 0.717) is 24.3 Å². The van der Waals surface area contributed by atoms with Crippen molar-refractivity contribution in [3.63, 3.8) is 0 Å². The molecule has 2 aromatic rings. The molecule has 2 amide bonds. The zero-order valence-electron chi connectivity index (χ0n) is 12.3. The largest absolute Gasteiger partial charge is 0.364 e. The average Bonchev–Trinajstić information content (AvgIpc) is 3.01. The number of nitrogens with two attached hydrogens (primary N) is 1. The van der Waals surface area contributed by atoms with Gasteiger partial charge in [0.25, 0.3) is 11.8 Å². The molecule has 0 unspecified atom stereocenters. The number of carbonyl (C=O) groups excluding carboxylic acids is 2. The fourth-order valence-electron chi connectivity index (χ4n) is 2.15. The molecule has 21 heavy (non-hydrogen) atoms. The minimum Gasteiger partial charge on any atom is -0.364 e. The molecule has 3 N–H and O–H groups in total. The van der Waals surface area contributed by atoms with Gasteiger partial charge in [-0.05, 0) is 20.8 Å². The number of carbonyl (C=O) groups is 2. The number of anilines is 1. The molecule has 0 aliphatic heterocycles. The molecule has 0 saturated carbocycles. The standard InChI is InChI=1S/C13H18N6O2/c1-4-18-8(3)9(6-15-18)13(21)17-10-7-16-19(5-2)11(10)12(14)20/h6-7H,4-5H2,1-3H3,(H2,14,20)(H,17,21). The van der Waals surface area contributed by atoms with Crippen LogP contribution in [0.5, 0.6) is 0 Å². The number of hydrogen-bond donors (Lipinski definition) is 2. The van der Waals surface area contributed by atoms with Gasteiger partial charge in [-0.1, -0.05) is 0 Å². The van der Waals surface area contributed by atoms with Crippen LogP contribution >= 0.6 is 0 Å². The number of amides is 2. The van der Waals surface area contributed by atoms with Crippen LogP contribution in [0.1, 0.15) is 40.4 Å². The Hall–Kier alpha value is -2.64. The lowest BCUT2D eigenvalue weighted by atomic mass is 10.2. The summed E-state index contributed by atoms with van der Waals surface area (Å²) in [5.41, 5.74) is 7.05. The van der Waals surface area contributed by atoms with E-state index in [4.69, 9.17) is 5.73 Å². The Morgan fingerprint density at radius 1 is 1.19 bits per heavy atom. The molecule has 8 heteroatoms. The Balaban J connectivity index is 2.29. The predicted octanol–water partition coefficient (Wildman–Crippen LogP) is 0.779. The van der Waals surface area contributed by atoms with E-state index in [0.717, 1.165) is 5.69 Å². The zero-order valence-corrected chi connectivity index (χ0v) is 12.3. The highest BCUT2D eigenvalue weighted by Crippen LogP contribution is 2.17. The van der Waals surface area contributed by atoms with Gasteiger partial charge in [0, 0.05) is 18.8 Å². The zero-order chi connectivity index (χ0) is 15.6. The number of nitrogens with one attached hydrogen (secondary N) is 1. The first kappa shape index (κ1) is 14.8. The highest BCUT2D eigenvalue weighted by atomic mass is 16.2. The van der Waals surface area contributed by atoms with Gasteiger partial charge in [0.1, 0.15) is 5.69 Å². The highest BCUT2D eigenvalue weighted by molar-refractivity contribution is 6.08. The fraction of sp³-hybridized carbons (Fsp3) is 0.385. The van der Waals surface area contributed by atoms with E-state index in [9.17, 15) is 9.59 Å². The molecule has 0 aliphatic carbocycles. The molecule has 0 radical (unpaired) electrons. The van der Waals surface area contributed by atoms with Crippen molar-refractivity contribution in [1.29, 1.82) is 0 Å². The van der Waals surface area contributed by atoms with Crippen LogP contribution in [-0.2, 0) is 13.1 Å². The van der Waals surface area contributed by atoms with Crippen LogP contribution in [0.15, 0.2) is 12.4 Å². The summed E-state index contributed by atoms with van der Waals surface area (Å²) in [4.78, 5) is 23.8. The van der Waals surface area contributed by atoms with E-state index >= 15 is 0 Å². The maximum Gasteiger partial charge on any atom is 0.269 e. The topological polar surface area (TPSA) is 108 Å². The first-order valence-corrected chi connectivity index (χ1v) is 6.68. The molecule has 0 atom stereocenters. The van der Waals surface area contributed by atoms with Crippen LogP contribution in [-0.4, -0.2) is 31.4 Å². The summed E-state index contributed by atoms with van der Waals surface area (Å²) in [6, 6.07) is 0. The van der Waals surface area contributed by atoms with Crippen LogP contribution in [0.25, 0.3) is 0 Å². The van der Waals surface area contributed by atoms with E-state index in [1.165, 1.54) is 17.1 Å². The minimum absolute atomic E-state index is 0.186. The van der Waals surface area contributed by atoms with Gasteiger partial charge >= 0.3 is 0 Å². The molecule has 2 heterocycles. The molecule has 2 aromatic heterocycles. The second-order valence-electron chi connectivity index (χ2n) is 4.50. The van der Waals surface area contributed by atoms with Gasteiger partial charge < -0.3 is 11.1 Å². The van der Waals surface area contributed by atoms with Gasteiger partial charge in [-0.15, -0.1) is 0 Å². The summed E-state index contributed by atoms with van der Waals surface area (Å²) in [7, 11) is 0. The van der Waals surface area contributed by atoms with Gasteiger partial charge in [-0.2, -0.15) is 10.2 Å². The summed E-state index contributed by atoms with van der Waals surface area (Å²) in [6.07, 6.45) is 2.92. The molecular weight excluding hydrogens is 272 g/mol. The van der Waals surface area contributed by atoms with Crippen LogP contribution < -0.4 is 11.1 Å². The van der Waals surface area contributed by atoms with Crippen molar-refractivity contribution in [3.8, 4) is 0 Å². The SMILES string of the molecule is CCn1ncc(C(=O)Nc2cnn(CC)c2C(N)=O)c1C. The third-order valence-corrected chi connectivity index (χ3v) is 3.27. The normalized spacial score (nSPS) is 10.6. The fourth-order valence-corrected chi connectivity index (χ4v) is 2.15. The lowest BCUT2D eigenvalue weighted by Crippen LogP contribution is -2.21. The second-order valence-corrected chi connectivity index (χ2v) is 4.50. The van der Waals surface area contributed by atoms with Crippen molar-refractivity contribution >= 4 is 17.5 Å². The minimum atomic E-state index is -0.634. The lowest BCUT2D eigenvalue weighted by molar-refractivity contribution is 0.0991. The third-order valence-electron chi connectivity index (χ3n) is 3.27. The number of primary amides is 1. The van der Waals surface area contributed by atoms with Crippen molar-refractivity contribution in [3.05, 3.63) is 29.3 Å². The molecule has 0 spiro atoms. The first-order valence-electron chi connectivity index (χ1n) is 6.68. The van der Waals surface area contributed by atoms with E-state index < -0.39 is 5.91 Å². The molecule has 0 aromatic carbocycles. The smallest absolute Gasteiger partial charge is 0.269 e. The molecule has 0 aliphatic rings. The van der Waals surface area contributed by atoms with Crippen molar-refractivity contribution in [2.45, 2.75) is 33.9 Å². The molecule has 0 saturated heterocycles. The lowest BCUT2D eigenvalue weighted by Gasteiger charge is -2.06. The van der Waals surface area contributed by atoms with E-state index in [1.807, 2.05) is 20.8 Å². The maximum absolute atomic E-state index is 12.3. The van der Waals surface area contributed by atoms with Gasteiger partial charge in [0.05, 0.1) is 23.6 Å². The van der Waals surface area contributed by atoms with Crippen molar-refractivity contribution < 1.29 is 9.59 Å². The van der Waals surface area contributed by atoms with Crippen molar-refractivity contribution in [1.82, 2.24) is 19.6 Å². The van der Waals surface area contributed by atoms with Crippen molar-refractivity contribution in [2.75, 3.05) is 5.32 Å². The average molecular weight is 290 g/mol. The Morgan fingerprint density at radius 2 is 1.81 bits per heavy atom. The molecule has 112 valence electrons. The first-order chi connectivity index (χ1) is 9.99. The third kappa shape index (κ3) is 2.64. The van der Waals surface area contributed by atoms with Crippen LogP contribution in [0.3, 0.4) is 0 Å². The maximum atomic E-state index is 12.3. The quantitative estimate of drug-likeness (QED) is 0.848. The van der Waals surface area contributed by atoms with Gasteiger partial charge in [-0.25, -0.2) is 0 Å². The summed E-state index contributed by atoms with van der Waals surface area (Å²) < 4.78 is 3.17. The molecule has 2 rings (SSSR count). The van der Waals surface area contributed by atoms with E-state index in [1.54, 1.807) is 4.68 Å². The predicted molar refractivity (Wildman–Crippen MR) is 77.0 cm³/mol. The number of hydrogen-bond acceptors (Lipinski definition) is 4. The van der Waals surface area contributed by atoms with Crippen LogP contribution in [0.2, 0.25) is 0 Å².